The Morgan fingerprint density at radius 1 is 1.26 bits per heavy atom. The number of fused-ring (bicyclic) bond motifs is 2. The monoisotopic (exact) mass is 323 g/mol. The summed E-state index contributed by atoms with van der Waals surface area (Å²) in [5, 5.41) is 3.04. The third kappa shape index (κ3) is 2.73. The molecule has 2 heterocycles. The lowest BCUT2D eigenvalue weighted by atomic mass is 9.94. The third-order valence-corrected chi connectivity index (χ3v) is 5.19. The van der Waals surface area contributed by atoms with Gasteiger partial charge in [0.05, 0.1) is 21.8 Å². The van der Waals surface area contributed by atoms with Crippen molar-refractivity contribution in [1.29, 1.82) is 0 Å². The molecular weight excluding hydrogens is 306 g/mol. The Hall–Kier alpha value is -2.24. The number of carbonyl (C=O) groups is 1. The molecule has 3 aromatic rings. The van der Waals surface area contributed by atoms with Gasteiger partial charge in [0.1, 0.15) is 0 Å². The van der Waals surface area contributed by atoms with Gasteiger partial charge in [-0.25, -0.2) is 4.98 Å². The summed E-state index contributed by atoms with van der Waals surface area (Å²) in [6.07, 6.45) is 0.747. The zero-order valence-electron chi connectivity index (χ0n) is 12.8. The highest BCUT2D eigenvalue weighted by atomic mass is 32.1. The van der Waals surface area contributed by atoms with Crippen molar-refractivity contribution in [2.24, 2.45) is 0 Å². The average Bonchev–Trinajstić information content (AvgIpc) is 3.01. The Bertz CT molecular complexity index is 873. The minimum absolute atomic E-state index is 0.0385. The van der Waals surface area contributed by atoms with E-state index >= 15 is 0 Å². The van der Waals surface area contributed by atoms with Crippen LogP contribution in [0.25, 0.3) is 10.2 Å². The molecule has 1 amide bonds. The van der Waals surface area contributed by atoms with E-state index in [0.717, 1.165) is 28.9 Å². The number of likely N-dealkylation sites (N-methyl/N-ethyl adjacent to an activating group) is 1. The highest BCUT2D eigenvalue weighted by Crippen LogP contribution is 2.24. The highest BCUT2D eigenvalue weighted by molar-refractivity contribution is 7.16. The van der Waals surface area contributed by atoms with E-state index in [1.165, 1.54) is 11.1 Å². The van der Waals surface area contributed by atoms with Gasteiger partial charge in [-0.1, -0.05) is 24.3 Å². The fourth-order valence-corrected chi connectivity index (χ4v) is 3.77. The van der Waals surface area contributed by atoms with Crippen molar-refractivity contribution in [2.45, 2.75) is 19.0 Å². The lowest BCUT2D eigenvalue weighted by Gasteiger charge is -2.33. The first kappa shape index (κ1) is 14.4. The summed E-state index contributed by atoms with van der Waals surface area (Å²) in [6, 6.07) is 14.1. The second-order valence-electron chi connectivity index (χ2n) is 5.93. The van der Waals surface area contributed by atoms with Crippen LogP contribution in [0.1, 0.15) is 11.1 Å². The van der Waals surface area contributed by atoms with Crippen LogP contribution in [0, 0.1) is 0 Å². The largest absolute Gasteiger partial charge is 0.325 e. The molecule has 5 heteroatoms. The quantitative estimate of drug-likeness (QED) is 0.787. The lowest BCUT2D eigenvalue weighted by Crippen LogP contribution is -2.45. The molecule has 1 unspecified atom stereocenters. The van der Waals surface area contributed by atoms with Crippen molar-refractivity contribution in [1.82, 2.24) is 9.88 Å². The lowest BCUT2D eigenvalue weighted by molar-refractivity contribution is -0.121. The van der Waals surface area contributed by atoms with Crippen molar-refractivity contribution < 1.29 is 4.79 Å². The molecule has 4 nitrogen and oxygen atoms in total. The van der Waals surface area contributed by atoms with Crippen LogP contribution < -0.4 is 5.32 Å². The number of anilines is 1. The molecule has 116 valence electrons. The smallest absolute Gasteiger partial charge is 0.242 e. The topological polar surface area (TPSA) is 45.2 Å². The Balaban J connectivity index is 1.54. The zero-order valence-corrected chi connectivity index (χ0v) is 13.6. The zero-order chi connectivity index (χ0) is 15.8. The Kier molecular flexibility index (Phi) is 3.59. The van der Waals surface area contributed by atoms with Gasteiger partial charge >= 0.3 is 0 Å². The first-order valence-electron chi connectivity index (χ1n) is 7.62. The van der Waals surface area contributed by atoms with Crippen LogP contribution in [0.3, 0.4) is 0 Å². The number of hydrogen-bond acceptors (Lipinski definition) is 4. The van der Waals surface area contributed by atoms with Crippen molar-refractivity contribution in [3.8, 4) is 0 Å². The number of aromatic nitrogens is 1. The maximum absolute atomic E-state index is 12.7. The molecule has 1 aliphatic heterocycles. The molecule has 4 rings (SSSR count). The van der Waals surface area contributed by atoms with Crippen molar-refractivity contribution in [2.75, 3.05) is 12.4 Å². The number of thiazole rings is 1. The summed E-state index contributed by atoms with van der Waals surface area (Å²) in [5.41, 5.74) is 6.13. The number of amides is 1. The van der Waals surface area contributed by atoms with E-state index in [-0.39, 0.29) is 11.9 Å². The number of nitrogens with zero attached hydrogens (tertiary/aromatic N) is 2. The maximum atomic E-state index is 12.7. The van der Waals surface area contributed by atoms with Crippen molar-refractivity contribution >= 4 is 33.1 Å². The molecule has 23 heavy (non-hydrogen) atoms. The third-order valence-electron chi connectivity index (χ3n) is 4.38. The summed E-state index contributed by atoms with van der Waals surface area (Å²) in [6.45, 7) is 0.805. The van der Waals surface area contributed by atoms with Gasteiger partial charge < -0.3 is 5.32 Å². The summed E-state index contributed by atoms with van der Waals surface area (Å²) >= 11 is 1.60. The first-order valence-corrected chi connectivity index (χ1v) is 8.50. The number of hydrogen-bond donors (Lipinski definition) is 1. The van der Waals surface area contributed by atoms with E-state index in [2.05, 4.69) is 33.4 Å². The summed E-state index contributed by atoms with van der Waals surface area (Å²) in [5.74, 6) is 0.0385. The minimum atomic E-state index is -0.143. The van der Waals surface area contributed by atoms with Gasteiger partial charge in [0.15, 0.2) is 0 Å². The minimum Gasteiger partial charge on any atom is -0.325 e. The molecule has 0 bridgehead atoms. The molecule has 1 atom stereocenters. The maximum Gasteiger partial charge on any atom is 0.242 e. The molecule has 0 fully saturated rings. The molecule has 1 N–H and O–H groups in total. The number of nitrogens with one attached hydrogen (secondary N) is 1. The van der Waals surface area contributed by atoms with Gasteiger partial charge in [0.2, 0.25) is 5.91 Å². The number of rotatable bonds is 2. The highest BCUT2D eigenvalue weighted by Gasteiger charge is 2.28. The van der Waals surface area contributed by atoms with E-state index in [4.69, 9.17) is 0 Å². The van der Waals surface area contributed by atoms with Crippen LogP contribution in [0.4, 0.5) is 5.69 Å². The van der Waals surface area contributed by atoms with Crippen molar-refractivity contribution in [3.05, 3.63) is 59.1 Å². The SMILES string of the molecule is CN1Cc2ccccc2CC1C(=O)Nc1ccc2scnc2c1. The Labute approximate surface area is 138 Å². The second kappa shape index (κ2) is 5.76. The molecule has 0 spiro atoms. The second-order valence-corrected chi connectivity index (χ2v) is 6.81. The molecule has 1 aliphatic rings. The predicted molar refractivity (Wildman–Crippen MR) is 93.7 cm³/mol. The van der Waals surface area contributed by atoms with Gasteiger partial charge in [-0.3, -0.25) is 9.69 Å². The standard InChI is InChI=1S/C18H17N3OS/c1-21-10-13-5-3-2-4-12(13)8-16(21)18(22)20-14-6-7-17-15(9-14)19-11-23-17/h2-7,9,11,16H,8,10H2,1H3,(H,20,22). The summed E-state index contributed by atoms with van der Waals surface area (Å²) in [7, 11) is 2.00. The van der Waals surface area contributed by atoms with Crippen LogP contribution in [0.15, 0.2) is 48.0 Å². The molecule has 0 saturated heterocycles. The number of benzene rings is 2. The van der Waals surface area contributed by atoms with Gasteiger partial charge in [-0.05, 0) is 42.8 Å². The van der Waals surface area contributed by atoms with Gasteiger partial charge in [0.25, 0.3) is 0 Å². The van der Waals surface area contributed by atoms with E-state index in [0.29, 0.717) is 0 Å². The van der Waals surface area contributed by atoms with Crippen LogP contribution in [-0.2, 0) is 17.8 Å². The summed E-state index contributed by atoms with van der Waals surface area (Å²) in [4.78, 5) is 19.1. The van der Waals surface area contributed by atoms with Crippen molar-refractivity contribution in [3.63, 3.8) is 0 Å². The molecule has 2 aromatic carbocycles. The average molecular weight is 323 g/mol. The fraction of sp³-hybridized carbons (Fsp3) is 0.222. The van der Waals surface area contributed by atoms with Crippen LogP contribution in [0.5, 0.6) is 0 Å². The van der Waals surface area contributed by atoms with Crippen LogP contribution in [0.2, 0.25) is 0 Å². The molecule has 1 aromatic heterocycles. The summed E-state index contributed by atoms with van der Waals surface area (Å²) < 4.78 is 1.13. The molecular formula is C18H17N3OS. The fourth-order valence-electron chi connectivity index (χ4n) is 3.11. The Morgan fingerprint density at radius 2 is 2.09 bits per heavy atom. The Morgan fingerprint density at radius 3 is 2.96 bits per heavy atom. The molecule has 0 saturated carbocycles. The normalized spacial score (nSPS) is 17.9. The predicted octanol–water partition coefficient (Wildman–Crippen LogP) is 3.29. The van der Waals surface area contributed by atoms with Gasteiger partial charge in [-0.2, -0.15) is 0 Å². The van der Waals surface area contributed by atoms with Crippen LogP contribution >= 0.6 is 11.3 Å². The van der Waals surface area contributed by atoms with E-state index in [1.54, 1.807) is 11.3 Å². The molecule has 0 aliphatic carbocycles. The number of carbonyl (C=O) groups excluding carboxylic acids is 1. The van der Waals surface area contributed by atoms with Crippen LogP contribution in [-0.4, -0.2) is 28.9 Å². The molecule has 0 radical (unpaired) electrons. The van der Waals surface area contributed by atoms with Gasteiger partial charge in [-0.15, -0.1) is 11.3 Å². The van der Waals surface area contributed by atoms with Gasteiger partial charge in [0, 0.05) is 12.2 Å². The van der Waals surface area contributed by atoms with E-state index in [1.807, 2.05) is 36.8 Å². The van der Waals surface area contributed by atoms with E-state index < -0.39 is 0 Å². The first-order chi connectivity index (χ1) is 11.2. The van der Waals surface area contributed by atoms with E-state index in [9.17, 15) is 4.79 Å².